The van der Waals surface area contributed by atoms with Gasteiger partial charge in [-0.1, -0.05) is 11.6 Å². The molecular formula is C12H5Cl2N5. The molecule has 0 saturated carbocycles. The number of rotatable bonds is 1. The third kappa shape index (κ3) is 2.01. The molecular weight excluding hydrogens is 285 g/mol. The zero-order valence-electron chi connectivity index (χ0n) is 9.35. The van der Waals surface area contributed by atoms with E-state index >= 15 is 0 Å². The number of hydrogen-bond acceptors (Lipinski definition) is 4. The Balaban J connectivity index is 2.26. The van der Waals surface area contributed by atoms with Gasteiger partial charge in [-0.2, -0.15) is 5.26 Å². The molecule has 7 heteroatoms. The van der Waals surface area contributed by atoms with Crippen molar-refractivity contribution in [1.82, 2.24) is 19.9 Å². The molecule has 0 amide bonds. The van der Waals surface area contributed by atoms with E-state index in [1.54, 1.807) is 18.3 Å². The first-order valence-electron chi connectivity index (χ1n) is 5.25. The predicted molar refractivity (Wildman–Crippen MR) is 71.9 cm³/mol. The summed E-state index contributed by atoms with van der Waals surface area (Å²) in [5.74, 6) is 0. The van der Waals surface area contributed by atoms with Crippen LogP contribution in [-0.2, 0) is 0 Å². The Morgan fingerprint density at radius 1 is 1.21 bits per heavy atom. The van der Waals surface area contributed by atoms with E-state index in [0.29, 0.717) is 22.1 Å². The SMILES string of the molecule is N#Cc1ccc2c(-c3nc(Cl)ncc3Cl)c[nH]c2n1. The van der Waals surface area contributed by atoms with Crippen molar-refractivity contribution in [3.63, 3.8) is 0 Å². The van der Waals surface area contributed by atoms with E-state index in [4.69, 9.17) is 28.5 Å². The van der Waals surface area contributed by atoms with Gasteiger partial charge in [-0.05, 0) is 23.7 Å². The molecule has 3 aromatic heterocycles. The van der Waals surface area contributed by atoms with Crippen molar-refractivity contribution < 1.29 is 0 Å². The highest BCUT2D eigenvalue weighted by molar-refractivity contribution is 6.34. The molecule has 0 saturated heterocycles. The lowest BCUT2D eigenvalue weighted by Gasteiger charge is -2.01. The van der Waals surface area contributed by atoms with E-state index in [-0.39, 0.29) is 5.28 Å². The van der Waals surface area contributed by atoms with Crippen molar-refractivity contribution in [3.05, 3.63) is 40.5 Å². The Morgan fingerprint density at radius 2 is 2.05 bits per heavy atom. The Kier molecular flexibility index (Phi) is 2.82. The van der Waals surface area contributed by atoms with Crippen LogP contribution in [0, 0.1) is 11.3 Å². The maximum absolute atomic E-state index is 8.82. The number of H-pyrrole nitrogens is 1. The second kappa shape index (κ2) is 4.50. The minimum Gasteiger partial charge on any atom is -0.345 e. The van der Waals surface area contributed by atoms with Crippen molar-refractivity contribution in [2.45, 2.75) is 0 Å². The van der Waals surface area contributed by atoms with Crippen molar-refractivity contribution in [3.8, 4) is 17.3 Å². The number of nitrogens with zero attached hydrogens (tertiary/aromatic N) is 4. The second-order valence-corrected chi connectivity index (χ2v) is 4.49. The average molecular weight is 290 g/mol. The molecule has 92 valence electrons. The highest BCUT2D eigenvalue weighted by Crippen LogP contribution is 2.31. The number of fused-ring (bicyclic) bond motifs is 1. The van der Waals surface area contributed by atoms with Gasteiger partial charge >= 0.3 is 0 Å². The molecule has 0 bridgehead atoms. The molecule has 0 aliphatic heterocycles. The summed E-state index contributed by atoms with van der Waals surface area (Å²) in [6, 6.07) is 5.41. The predicted octanol–water partition coefficient (Wildman–Crippen LogP) is 3.20. The largest absolute Gasteiger partial charge is 0.345 e. The lowest BCUT2D eigenvalue weighted by molar-refractivity contribution is 1.17. The van der Waals surface area contributed by atoms with E-state index in [1.807, 2.05) is 6.07 Å². The summed E-state index contributed by atoms with van der Waals surface area (Å²) in [4.78, 5) is 15.1. The molecule has 5 nitrogen and oxygen atoms in total. The number of nitriles is 1. The quantitative estimate of drug-likeness (QED) is 0.698. The average Bonchev–Trinajstić information content (AvgIpc) is 2.84. The van der Waals surface area contributed by atoms with Crippen LogP contribution in [0.5, 0.6) is 0 Å². The first kappa shape index (κ1) is 11.9. The fourth-order valence-electron chi connectivity index (χ4n) is 1.80. The molecule has 19 heavy (non-hydrogen) atoms. The Hall–Kier alpha value is -2.16. The van der Waals surface area contributed by atoms with Crippen molar-refractivity contribution in [1.29, 1.82) is 5.26 Å². The fourth-order valence-corrected chi connectivity index (χ4v) is 2.12. The Bertz CT molecular complexity index is 819. The monoisotopic (exact) mass is 289 g/mol. The first-order valence-corrected chi connectivity index (χ1v) is 6.01. The Labute approximate surface area is 117 Å². The number of nitrogens with one attached hydrogen (secondary N) is 1. The van der Waals surface area contributed by atoms with Gasteiger partial charge in [0.2, 0.25) is 5.28 Å². The molecule has 0 unspecified atom stereocenters. The van der Waals surface area contributed by atoms with E-state index < -0.39 is 0 Å². The molecule has 0 fully saturated rings. The number of aromatic amines is 1. The summed E-state index contributed by atoms with van der Waals surface area (Å²) in [5.41, 5.74) is 2.23. The molecule has 0 spiro atoms. The number of pyridine rings is 1. The first-order chi connectivity index (χ1) is 9.19. The third-order valence-corrected chi connectivity index (χ3v) is 3.08. The highest BCUT2D eigenvalue weighted by Gasteiger charge is 2.13. The van der Waals surface area contributed by atoms with Crippen molar-refractivity contribution in [2.24, 2.45) is 0 Å². The molecule has 3 aromatic rings. The summed E-state index contributed by atoms with van der Waals surface area (Å²) in [7, 11) is 0. The third-order valence-electron chi connectivity index (χ3n) is 2.62. The number of aromatic nitrogens is 4. The van der Waals surface area contributed by atoms with E-state index in [0.717, 1.165) is 10.9 Å². The van der Waals surface area contributed by atoms with Crippen molar-refractivity contribution >= 4 is 34.2 Å². The topological polar surface area (TPSA) is 78.2 Å². The van der Waals surface area contributed by atoms with Crippen LogP contribution >= 0.6 is 23.2 Å². The van der Waals surface area contributed by atoms with Crippen LogP contribution in [0.3, 0.4) is 0 Å². The van der Waals surface area contributed by atoms with Gasteiger partial charge in [0.15, 0.2) is 0 Å². The summed E-state index contributed by atoms with van der Waals surface area (Å²) in [6.07, 6.45) is 3.17. The van der Waals surface area contributed by atoms with Crippen molar-refractivity contribution in [2.75, 3.05) is 0 Å². The van der Waals surface area contributed by atoms with Crippen LogP contribution < -0.4 is 0 Å². The zero-order valence-corrected chi connectivity index (χ0v) is 10.9. The smallest absolute Gasteiger partial charge is 0.222 e. The minimum atomic E-state index is 0.121. The maximum atomic E-state index is 8.82. The lowest BCUT2D eigenvalue weighted by atomic mass is 10.1. The van der Waals surface area contributed by atoms with Crippen LogP contribution in [0.4, 0.5) is 0 Å². The van der Waals surface area contributed by atoms with Crippen LogP contribution in [0.15, 0.2) is 24.5 Å². The summed E-state index contributed by atoms with van der Waals surface area (Å²) in [5, 5.41) is 10.1. The maximum Gasteiger partial charge on any atom is 0.222 e. The normalized spacial score (nSPS) is 10.6. The minimum absolute atomic E-state index is 0.121. The van der Waals surface area contributed by atoms with Gasteiger partial charge in [-0.25, -0.2) is 15.0 Å². The van der Waals surface area contributed by atoms with Crippen LogP contribution in [-0.4, -0.2) is 19.9 Å². The second-order valence-electron chi connectivity index (χ2n) is 3.74. The van der Waals surface area contributed by atoms with Gasteiger partial charge in [-0.15, -0.1) is 0 Å². The summed E-state index contributed by atoms with van der Waals surface area (Å²) < 4.78 is 0. The fraction of sp³-hybridized carbons (Fsp3) is 0. The van der Waals surface area contributed by atoms with Gasteiger partial charge in [0, 0.05) is 17.1 Å². The van der Waals surface area contributed by atoms with Gasteiger partial charge in [-0.3, -0.25) is 0 Å². The Morgan fingerprint density at radius 3 is 2.84 bits per heavy atom. The molecule has 3 heterocycles. The molecule has 3 rings (SSSR count). The van der Waals surface area contributed by atoms with Gasteiger partial charge in [0.1, 0.15) is 17.4 Å². The molecule has 0 aliphatic carbocycles. The van der Waals surface area contributed by atoms with Gasteiger partial charge < -0.3 is 4.98 Å². The standard InChI is InChI=1S/C12H5Cl2N5/c13-9-5-17-12(14)19-10(9)8-4-16-11-7(8)2-1-6(3-15)18-11/h1-2,4-5H,(H,16,18). The molecule has 0 atom stereocenters. The molecule has 0 aliphatic rings. The zero-order chi connectivity index (χ0) is 13.4. The van der Waals surface area contributed by atoms with Gasteiger partial charge in [0.25, 0.3) is 0 Å². The van der Waals surface area contributed by atoms with E-state index in [1.165, 1.54) is 6.20 Å². The number of halogens is 2. The van der Waals surface area contributed by atoms with Gasteiger partial charge in [0.05, 0.1) is 16.9 Å². The summed E-state index contributed by atoms with van der Waals surface area (Å²) in [6.45, 7) is 0. The van der Waals surface area contributed by atoms with Crippen LogP contribution in [0.25, 0.3) is 22.3 Å². The molecule has 0 aromatic carbocycles. The number of hydrogen-bond donors (Lipinski definition) is 1. The van der Waals surface area contributed by atoms with E-state index in [2.05, 4.69) is 19.9 Å². The highest BCUT2D eigenvalue weighted by atomic mass is 35.5. The lowest BCUT2D eigenvalue weighted by Crippen LogP contribution is -1.88. The van der Waals surface area contributed by atoms with Crippen LogP contribution in [0.1, 0.15) is 5.69 Å². The molecule has 0 radical (unpaired) electrons. The molecule has 1 N–H and O–H groups in total. The van der Waals surface area contributed by atoms with E-state index in [9.17, 15) is 0 Å². The van der Waals surface area contributed by atoms with Crippen LogP contribution in [0.2, 0.25) is 10.3 Å². The summed E-state index contributed by atoms with van der Waals surface area (Å²) >= 11 is 11.9.